The van der Waals surface area contributed by atoms with Gasteiger partial charge in [-0.3, -0.25) is 9.55 Å². The number of nitrogens with zero attached hydrogens (tertiary/aromatic N) is 3. The monoisotopic (exact) mass is 267 g/mol. The third-order valence-corrected chi connectivity index (χ3v) is 3.45. The molecule has 0 saturated carbocycles. The largest absolute Gasteiger partial charge is 0.478 e. The second-order valence-corrected chi connectivity index (χ2v) is 4.74. The molecule has 2 aromatic heterocycles. The molecule has 0 atom stereocenters. The molecule has 5 heteroatoms. The first kappa shape index (κ1) is 12.3. The van der Waals surface area contributed by atoms with Gasteiger partial charge >= 0.3 is 5.97 Å². The molecule has 1 aromatic carbocycles. The summed E-state index contributed by atoms with van der Waals surface area (Å²) in [4.78, 5) is 19.7. The molecule has 0 fully saturated rings. The van der Waals surface area contributed by atoms with Gasteiger partial charge in [0.05, 0.1) is 28.5 Å². The van der Waals surface area contributed by atoms with Crippen molar-refractivity contribution in [1.29, 1.82) is 0 Å². The Morgan fingerprint density at radius 1 is 1.25 bits per heavy atom. The molecule has 100 valence electrons. The number of hydrogen-bond donors (Lipinski definition) is 1. The van der Waals surface area contributed by atoms with Gasteiger partial charge in [-0.2, -0.15) is 0 Å². The van der Waals surface area contributed by atoms with Crippen LogP contribution in [0, 0.1) is 13.8 Å². The van der Waals surface area contributed by atoms with E-state index in [-0.39, 0.29) is 5.56 Å². The molecule has 0 spiro atoms. The summed E-state index contributed by atoms with van der Waals surface area (Å²) in [7, 11) is 0. The van der Waals surface area contributed by atoms with Crippen molar-refractivity contribution in [3.8, 4) is 5.69 Å². The SMILES string of the molecule is Cc1cc2ncn(-c3cnccc3C(=O)O)c2cc1C. The molecule has 5 nitrogen and oxygen atoms in total. The summed E-state index contributed by atoms with van der Waals surface area (Å²) < 4.78 is 1.76. The number of fused-ring (bicyclic) bond motifs is 1. The van der Waals surface area contributed by atoms with E-state index >= 15 is 0 Å². The number of carboxylic acids is 1. The number of rotatable bonds is 2. The molecule has 0 unspecified atom stereocenters. The molecule has 0 bridgehead atoms. The van der Waals surface area contributed by atoms with Gasteiger partial charge in [-0.1, -0.05) is 0 Å². The second-order valence-electron chi connectivity index (χ2n) is 4.74. The highest BCUT2D eigenvalue weighted by atomic mass is 16.4. The van der Waals surface area contributed by atoms with Crippen molar-refractivity contribution in [3.05, 3.63) is 53.6 Å². The summed E-state index contributed by atoms with van der Waals surface area (Å²) >= 11 is 0. The van der Waals surface area contributed by atoms with Crippen LogP contribution in [0.2, 0.25) is 0 Å². The van der Waals surface area contributed by atoms with Gasteiger partial charge in [0, 0.05) is 6.20 Å². The van der Waals surface area contributed by atoms with Gasteiger partial charge in [0.2, 0.25) is 0 Å². The number of aryl methyl sites for hydroxylation is 2. The third kappa shape index (κ3) is 1.84. The van der Waals surface area contributed by atoms with Gasteiger partial charge in [-0.25, -0.2) is 9.78 Å². The standard InChI is InChI=1S/C15H13N3O2/c1-9-5-12-13(6-10(9)2)18(8-17-12)14-7-16-4-3-11(14)15(19)20/h3-8H,1-2H3,(H,19,20). The summed E-state index contributed by atoms with van der Waals surface area (Å²) in [5, 5.41) is 9.27. The molecule has 0 aliphatic heterocycles. The maximum Gasteiger partial charge on any atom is 0.337 e. The van der Waals surface area contributed by atoms with E-state index in [2.05, 4.69) is 9.97 Å². The minimum atomic E-state index is -0.979. The number of benzene rings is 1. The maximum absolute atomic E-state index is 11.3. The van der Waals surface area contributed by atoms with Crippen LogP contribution < -0.4 is 0 Å². The lowest BCUT2D eigenvalue weighted by Crippen LogP contribution is -2.05. The van der Waals surface area contributed by atoms with Crippen LogP contribution in [0.15, 0.2) is 36.9 Å². The second kappa shape index (κ2) is 4.45. The fourth-order valence-electron chi connectivity index (χ4n) is 2.22. The highest BCUT2D eigenvalue weighted by molar-refractivity contribution is 5.93. The van der Waals surface area contributed by atoms with Gasteiger partial charge in [0.25, 0.3) is 0 Å². The highest BCUT2D eigenvalue weighted by Crippen LogP contribution is 2.23. The number of hydrogen-bond acceptors (Lipinski definition) is 3. The van der Waals surface area contributed by atoms with E-state index in [0.717, 1.165) is 22.2 Å². The summed E-state index contributed by atoms with van der Waals surface area (Å²) in [6.07, 6.45) is 4.65. The average molecular weight is 267 g/mol. The highest BCUT2D eigenvalue weighted by Gasteiger charge is 2.14. The maximum atomic E-state index is 11.3. The summed E-state index contributed by atoms with van der Waals surface area (Å²) in [5.74, 6) is -0.979. The molecule has 3 rings (SSSR count). The molecular formula is C15H13N3O2. The third-order valence-electron chi connectivity index (χ3n) is 3.45. The Labute approximate surface area is 115 Å². The Balaban J connectivity index is 2.31. The molecule has 2 heterocycles. The predicted molar refractivity (Wildman–Crippen MR) is 75.3 cm³/mol. The van der Waals surface area contributed by atoms with Crippen LogP contribution in [0.25, 0.3) is 16.7 Å². The predicted octanol–water partition coefficient (Wildman–Crippen LogP) is 2.74. The van der Waals surface area contributed by atoms with Gasteiger partial charge in [-0.05, 0) is 43.2 Å². The Bertz CT molecular complexity index is 821. The zero-order valence-corrected chi connectivity index (χ0v) is 11.2. The minimum Gasteiger partial charge on any atom is -0.478 e. The fraction of sp³-hybridized carbons (Fsp3) is 0.133. The van der Waals surface area contributed by atoms with Crippen molar-refractivity contribution in [1.82, 2.24) is 14.5 Å². The van der Waals surface area contributed by atoms with Crippen LogP contribution in [0.1, 0.15) is 21.5 Å². The summed E-state index contributed by atoms with van der Waals surface area (Å²) in [6.45, 7) is 4.05. The number of carbonyl (C=O) groups is 1. The van der Waals surface area contributed by atoms with E-state index in [9.17, 15) is 9.90 Å². The van der Waals surface area contributed by atoms with E-state index in [1.54, 1.807) is 17.1 Å². The van der Waals surface area contributed by atoms with Crippen LogP contribution in [0.3, 0.4) is 0 Å². The molecule has 0 saturated heterocycles. The molecule has 0 radical (unpaired) electrons. The van der Waals surface area contributed by atoms with Gasteiger partial charge < -0.3 is 5.11 Å². The van der Waals surface area contributed by atoms with Crippen molar-refractivity contribution in [2.24, 2.45) is 0 Å². The summed E-state index contributed by atoms with van der Waals surface area (Å²) in [5.41, 5.74) is 4.74. The Morgan fingerprint density at radius 3 is 2.75 bits per heavy atom. The summed E-state index contributed by atoms with van der Waals surface area (Å²) in [6, 6.07) is 5.50. The first-order chi connectivity index (χ1) is 9.58. The van der Waals surface area contributed by atoms with Crippen LogP contribution >= 0.6 is 0 Å². The minimum absolute atomic E-state index is 0.206. The van der Waals surface area contributed by atoms with Crippen molar-refractivity contribution in [2.45, 2.75) is 13.8 Å². The van der Waals surface area contributed by atoms with Gasteiger partial charge in [0.1, 0.15) is 6.33 Å². The lowest BCUT2D eigenvalue weighted by atomic mass is 10.1. The van der Waals surface area contributed by atoms with Crippen LogP contribution in [-0.2, 0) is 0 Å². The van der Waals surface area contributed by atoms with Gasteiger partial charge in [0.15, 0.2) is 0 Å². The lowest BCUT2D eigenvalue weighted by Gasteiger charge is -2.08. The molecule has 20 heavy (non-hydrogen) atoms. The van der Waals surface area contributed by atoms with Crippen molar-refractivity contribution >= 4 is 17.0 Å². The smallest absolute Gasteiger partial charge is 0.337 e. The van der Waals surface area contributed by atoms with Crippen LogP contribution in [0.4, 0.5) is 0 Å². The van der Waals surface area contributed by atoms with Crippen LogP contribution in [-0.4, -0.2) is 25.6 Å². The Kier molecular flexibility index (Phi) is 2.75. The van der Waals surface area contributed by atoms with E-state index < -0.39 is 5.97 Å². The number of aromatic carboxylic acids is 1. The first-order valence-corrected chi connectivity index (χ1v) is 6.20. The molecule has 0 aliphatic rings. The first-order valence-electron chi connectivity index (χ1n) is 6.20. The quantitative estimate of drug-likeness (QED) is 0.775. The number of imidazole rings is 1. The molecule has 1 N–H and O–H groups in total. The van der Waals surface area contributed by atoms with Crippen molar-refractivity contribution in [3.63, 3.8) is 0 Å². The molecule has 3 aromatic rings. The van der Waals surface area contributed by atoms with Gasteiger partial charge in [-0.15, -0.1) is 0 Å². The number of pyridine rings is 1. The number of carboxylic acid groups (broad SMARTS) is 1. The van der Waals surface area contributed by atoms with Crippen molar-refractivity contribution in [2.75, 3.05) is 0 Å². The lowest BCUT2D eigenvalue weighted by molar-refractivity contribution is 0.0697. The zero-order chi connectivity index (χ0) is 14.3. The van der Waals surface area contributed by atoms with E-state index in [0.29, 0.717) is 5.69 Å². The Hall–Kier alpha value is -2.69. The zero-order valence-electron chi connectivity index (χ0n) is 11.2. The van der Waals surface area contributed by atoms with E-state index in [4.69, 9.17) is 0 Å². The van der Waals surface area contributed by atoms with Crippen LogP contribution in [0.5, 0.6) is 0 Å². The van der Waals surface area contributed by atoms with Crippen molar-refractivity contribution < 1.29 is 9.90 Å². The fourth-order valence-corrected chi connectivity index (χ4v) is 2.22. The van der Waals surface area contributed by atoms with E-state index in [1.165, 1.54) is 12.3 Å². The Morgan fingerprint density at radius 2 is 2.00 bits per heavy atom. The normalized spacial score (nSPS) is 10.9. The molecule has 0 amide bonds. The molecular weight excluding hydrogens is 254 g/mol. The topological polar surface area (TPSA) is 68.0 Å². The molecule has 0 aliphatic carbocycles. The average Bonchev–Trinajstić information content (AvgIpc) is 2.82. The van der Waals surface area contributed by atoms with E-state index in [1.807, 2.05) is 26.0 Å². The number of aromatic nitrogens is 3.